The molecule has 3 N–H and O–H groups in total. The zero-order valence-corrected chi connectivity index (χ0v) is 18.1. The molecule has 1 aliphatic rings. The maximum Gasteiger partial charge on any atom is 0.232 e. The largest absolute Gasteiger partial charge is 0.394 e. The second kappa shape index (κ2) is 7.70. The van der Waals surface area contributed by atoms with Gasteiger partial charge in [-0.05, 0) is 68.5 Å². The Balaban J connectivity index is 1.47. The number of nitrogens with zero attached hydrogens (tertiary/aromatic N) is 5. The zero-order chi connectivity index (χ0) is 21.5. The van der Waals surface area contributed by atoms with E-state index in [0.717, 1.165) is 41.9 Å². The number of aromatic amines is 1. The standard InChI is InChI=1S/C23H27N7O/c1-14-9-18(10-15(2)16(14)3)29-11-20(25-13-29)26-23-27-21-19(6-7-24-21)22(28-23)30-8-4-5-17(30)12-31/h6-7,9-11,13,17,31H,4-5,8,12H2,1-3H3,(H2,24,26,27,28)/t17-/m0/s1. The summed E-state index contributed by atoms with van der Waals surface area (Å²) in [7, 11) is 0. The topological polar surface area (TPSA) is 94.9 Å². The van der Waals surface area contributed by atoms with Crippen molar-refractivity contribution < 1.29 is 5.11 Å². The van der Waals surface area contributed by atoms with Crippen LogP contribution < -0.4 is 10.2 Å². The van der Waals surface area contributed by atoms with Crippen LogP contribution in [-0.4, -0.2) is 48.8 Å². The third kappa shape index (κ3) is 3.53. The van der Waals surface area contributed by atoms with E-state index in [0.29, 0.717) is 11.8 Å². The van der Waals surface area contributed by atoms with Crippen molar-refractivity contribution in [1.82, 2.24) is 24.5 Å². The van der Waals surface area contributed by atoms with Crippen molar-refractivity contribution in [2.75, 3.05) is 23.4 Å². The van der Waals surface area contributed by atoms with Gasteiger partial charge in [0.2, 0.25) is 5.95 Å². The Kier molecular flexibility index (Phi) is 4.86. The number of imidazole rings is 1. The van der Waals surface area contributed by atoms with Gasteiger partial charge in [-0.2, -0.15) is 9.97 Å². The second-order valence-electron chi connectivity index (χ2n) is 8.28. The van der Waals surface area contributed by atoms with Crippen molar-refractivity contribution >= 4 is 28.6 Å². The fourth-order valence-corrected chi connectivity index (χ4v) is 4.31. The van der Waals surface area contributed by atoms with E-state index in [-0.39, 0.29) is 12.6 Å². The van der Waals surface area contributed by atoms with Crippen LogP contribution in [0.25, 0.3) is 16.7 Å². The summed E-state index contributed by atoms with van der Waals surface area (Å²) in [6, 6.07) is 6.40. The predicted octanol–water partition coefficient (Wildman–Crippen LogP) is 3.77. The Morgan fingerprint density at radius 1 is 1.19 bits per heavy atom. The first-order valence-corrected chi connectivity index (χ1v) is 10.7. The number of hydrogen-bond donors (Lipinski definition) is 3. The molecule has 5 rings (SSSR count). The number of aromatic nitrogens is 5. The minimum absolute atomic E-state index is 0.0908. The van der Waals surface area contributed by atoms with E-state index in [9.17, 15) is 5.11 Å². The molecule has 4 heterocycles. The fourth-order valence-electron chi connectivity index (χ4n) is 4.31. The number of aliphatic hydroxyl groups excluding tert-OH is 1. The summed E-state index contributed by atoms with van der Waals surface area (Å²) in [5.74, 6) is 2.00. The normalized spacial score (nSPS) is 16.4. The van der Waals surface area contributed by atoms with Gasteiger partial charge >= 0.3 is 0 Å². The quantitative estimate of drug-likeness (QED) is 0.458. The van der Waals surface area contributed by atoms with Gasteiger partial charge in [0.25, 0.3) is 0 Å². The van der Waals surface area contributed by atoms with Gasteiger partial charge in [0, 0.05) is 18.4 Å². The highest BCUT2D eigenvalue weighted by atomic mass is 16.3. The van der Waals surface area contributed by atoms with Crippen LogP contribution in [-0.2, 0) is 0 Å². The minimum Gasteiger partial charge on any atom is -0.394 e. The molecule has 8 heteroatoms. The molecule has 1 saturated heterocycles. The smallest absolute Gasteiger partial charge is 0.232 e. The maximum absolute atomic E-state index is 9.77. The number of fused-ring (bicyclic) bond motifs is 1. The molecule has 1 aliphatic heterocycles. The number of aryl methyl sites for hydroxylation is 2. The average molecular weight is 418 g/mol. The van der Waals surface area contributed by atoms with E-state index in [1.165, 1.54) is 16.7 Å². The lowest BCUT2D eigenvalue weighted by Crippen LogP contribution is -2.33. The van der Waals surface area contributed by atoms with Crippen LogP contribution in [0.2, 0.25) is 0 Å². The lowest BCUT2D eigenvalue weighted by molar-refractivity contribution is 0.266. The molecule has 0 bridgehead atoms. The van der Waals surface area contributed by atoms with E-state index in [4.69, 9.17) is 4.98 Å². The summed E-state index contributed by atoms with van der Waals surface area (Å²) in [4.78, 5) is 19.3. The van der Waals surface area contributed by atoms with Gasteiger partial charge in [0.1, 0.15) is 17.8 Å². The number of anilines is 3. The van der Waals surface area contributed by atoms with Crippen LogP contribution in [0.4, 0.5) is 17.6 Å². The molecule has 0 aliphatic carbocycles. The van der Waals surface area contributed by atoms with Gasteiger partial charge in [-0.3, -0.25) is 0 Å². The van der Waals surface area contributed by atoms with E-state index in [2.05, 4.69) is 58.1 Å². The SMILES string of the molecule is Cc1cc(-n2cnc(Nc3nc(N4CCC[C@H]4CO)c4cc[nH]c4n3)c2)cc(C)c1C. The van der Waals surface area contributed by atoms with E-state index in [1.807, 2.05) is 23.0 Å². The molecule has 31 heavy (non-hydrogen) atoms. The fraction of sp³-hybridized carbons (Fsp3) is 0.348. The molecule has 160 valence electrons. The van der Waals surface area contributed by atoms with Gasteiger partial charge in [0.15, 0.2) is 5.82 Å². The molecule has 0 spiro atoms. The highest BCUT2D eigenvalue weighted by Crippen LogP contribution is 2.31. The van der Waals surface area contributed by atoms with Crippen LogP contribution >= 0.6 is 0 Å². The first-order valence-electron chi connectivity index (χ1n) is 10.7. The van der Waals surface area contributed by atoms with E-state index in [1.54, 1.807) is 6.33 Å². The molecular weight excluding hydrogens is 390 g/mol. The summed E-state index contributed by atoms with van der Waals surface area (Å²) < 4.78 is 2.00. The van der Waals surface area contributed by atoms with E-state index >= 15 is 0 Å². The molecule has 1 fully saturated rings. The van der Waals surface area contributed by atoms with Crippen molar-refractivity contribution in [1.29, 1.82) is 0 Å². The van der Waals surface area contributed by atoms with Crippen LogP contribution in [0.3, 0.4) is 0 Å². The molecule has 4 aromatic rings. The Bertz CT molecular complexity index is 1220. The first kappa shape index (κ1) is 19.6. The highest BCUT2D eigenvalue weighted by molar-refractivity contribution is 5.89. The maximum atomic E-state index is 9.77. The van der Waals surface area contributed by atoms with Crippen molar-refractivity contribution in [3.8, 4) is 5.69 Å². The van der Waals surface area contributed by atoms with Gasteiger partial charge in [-0.25, -0.2) is 4.98 Å². The Morgan fingerprint density at radius 3 is 2.77 bits per heavy atom. The van der Waals surface area contributed by atoms with Gasteiger partial charge in [0.05, 0.1) is 24.2 Å². The Labute approximate surface area is 181 Å². The van der Waals surface area contributed by atoms with Crippen molar-refractivity contribution in [3.63, 3.8) is 0 Å². The molecule has 1 aromatic carbocycles. The van der Waals surface area contributed by atoms with E-state index < -0.39 is 0 Å². The summed E-state index contributed by atoms with van der Waals surface area (Å²) in [5, 5.41) is 14.0. The molecule has 1 atom stereocenters. The van der Waals surface area contributed by atoms with Gasteiger partial charge < -0.3 is 24.9 Å². The summed E-state index contributed by atoms with van der Waals surface area (Å²) in [6.07, 6.45) is 7.62. The Morgan fingerprint density at radius 2 is 2.00 bits per heavy atom. The monoisotopic (exact) mass is 417 g/mol. The van der Waals surface area contributed by atoms with Crippen molar-refractivity contribution in [2.24, 2.45) is 0 Å². The van der Waals surface area contributed by atoms with Crippen LogP contribution in [0, 0.1) is 20.8 Å². The number of H-pyrrole nitrogens is 1. The lowest BCUT2D eigenvalue weighted by atomic mass is 10.0. The molecule has 8 nitrogen and oxygen atoms in total. The number of aliphatic hydroxyl groups is 1. The number of rotatable bonds is 5. The van der Waals surface area contributed by atoms with Gasteiger partial charge in [-0.1, -0.05) is 0 Å². The molecule has 3 aromatic heterocycles. The second-order valence-corrected chi connectivity index (χ2v) is 8.28. The van der Waals surface area contributed by atoms with Crippen molar-refractivity contribution in [2.45, 2.75) is 39.7 Å². The third-order valence-electron chi connectivity index (χ3n) is 6.29. The molecular formula is C23H27N7O. The molecule has 0 radical (unpaired) electrons. The molecule has 0 saturated carbocycles. The number of benzene rings is 1. The van der Waals surface area contributed by atoms with Crippen LogP contribution in [0.15, 0.2) is 36.9 Å². The highest BCUT2D eigenvalue weighted by Gasteiger charge is 2.27. The summed E-state index contributed by atoms with van der Waals surface area (Å²) in [6.45, 7) is 7.39. The van der Waals surface area contributed by atoms with Gasteiger partial charge in [-0.15, -0.1) is 0 Å². The first-order chi connectivity index (χ1) is 15.0. The van der Waals surface area contributed by atoms with Crippen molar-refractivity contribution in [3.05, 3.63) is 53.6 Å². The predicted molar refractivity (Wildman–Crippen MR) is 122 cm³/mol. The third-order valence-corrected chi connectivity index (χ3v) is 6.29. The zero-order valence-electron chi connectivity index (χ0n) is 18.1. The summed E-state index contributed by atoms with van der Waals surface area (Å²) >= 11 is 0. The average Bonchev–Trinajstić information content (AvgIpc) is 3.51. The van der Waals surface area contributed by atoms with Crippen LogP contribution in [0.1, 0.15) is 29.5 Å². The minimum atomic E-state index is 0.0908. The lowest BCUT2D eigenvalue weighted by Gasteiger charge is -2.25. The molecule has 0 amide bonds. The molecule has 0 unspecified atom stereocenters. The number of hydrogen-bond acceptors (Lipinski definition) is 6. The summed E-state index contributed by atoms with van der Waals surface area (Å²) in [5.41, 5.74) is 5.66. The number of nitrogens with one attached hydrogen (secondary N) is 2. The Hall–Kier alpha value is -3.39. The van der Waals surface area contributed by atoms with Crippen LogP contribution in [0.5, 0.6) is 0 Å².